The van der Waals surface area contributed by atoms with Crippen LogP contribution in [0.15, 0.2) is 42.7 Å². The number of nitrogens with one attached hydrogen (secondary N) is 3. The highest BCUT2D eigenvalue weighted by Gasteiger charge is 2.18. The van der Waals surface area contributed by atoms with E-state index in [0.29, 0.717) is 41.4 Å². The molecule has 0 saturated heterocycles. The molecule has 1 atom stereocenters. The SMILES string of the molecule is Cc1ncc([C@H](CC(=O)O)Nc2ccc(OCCc3ccc4c(n3)NCCC4)cc2C=N)cn1. The van der Waals surface area contributed by atoms with Crippen molar-refractivity contribution in [3.8, 4) is 5.75 Å². The number of carboxylic acids is 1. The Morgan fingerprint density at radius 3 is 2.88 bits per heavy atom. The van der Waals surface area contributed by atoms with Crippen molar-refractivity contribution in [3.05, 3.63) is 70.9 Å². The van der Waals surface area contributed by atoms with Gasteiger partial charge < -0.3 is 25.9 Å². The van der Waals surface area contributed by atoms with Gasteiger partial charge in [0.15, 0.2) is 0 Å². The van der Waals surface area contributed by atoms with Gasteiger partial charge in [0.2, 0.25) is 0 Å². The summed E-state index contributed by atoms with van der Waals surface area (Å²) in [5, 5.41) is 23.7. The summed E-state index contributed by atoms with van der Waals surface area (Å²) in [6.07, 6.45) is 7.17. The molecular weight excluding hydrogens is 432 g/mol. The Morgan fingerprint density at radius 2 is 2.12 bits per heavy atom. The van der Waals surface area contributed by atoms with Crippen LogP contribution >= 0.6 is 0 Å². The Labute approximate surface area is 198 Å². The Balaban J connectivity index is 1.41. The standard InChI is InChI=1S/C25H28N6O3/c1-16-28-14-19(15-29-16)23(12-24(32)33)31-22-7-6-21(11-18(22)13-26)34-10-8-20-5-4-17-3-2-9-27-25(17)30-20/h4-7,11,13-15,23,26,31H,2-3,8-10,12H2,1H3,(H,27,30)(H,32,33)/t23-/m0/s1. The van der Waals surface area contributed by atoms with Gasteiger partial charge in [-0.1, -0.05) is 6.07 Å². The lowest BCUT2D eigenvalue weighted by Crippen LogP contribution is -2.17. The first kappa shape index (κ1) is 23.2. The summed E-state index contributed by atoms with van der Waals surface area (Å²) in [5.74, 6) is 1.27. The molecule has 0 bridgehead atoms. The molecule has 1 aromatic carbocycles. The number of ether oxygens (including phenoxy) is 1. The number of anilines is 2. The van der Waals surface area contributed by atoms with E-state index in [1.54, 1.807) is 37.5 Å². The van der Waals surface area contributed by atoms with Gasteiger partial charge in [-0.15, -0.1) is 0 Å². The number of carbonyl (C=O) groups is 1. The van der Waals surface area contributed by atoms with Crippen molar-refractivity contribution < 1.29 is 14.6 Å². The molecule has 4 rings (SSSR count). The predicted octanol–water partition coefficient (Wildman–Crippen LogP) is 3.79. The number of rotatable bonds is 10. The van der Waals surface area contributed by atoms with Crippen LogP contribution in [-0.2, 0) is 17.6 Å². The molecule has 1 aliphatic rings. The Kier molecular flexibility index (Phi) is 7.31. The third-order valence-corrected chi connectivity index (χ3v) is 5.67. The summed E-state index contributed by atoms with van der Waals surface area (Å²) in [5.41, 5.74) is 4.12. The van der Waals surface area contributed by atoms with Gasteiger partial charge in [-0.3, -0.25) is 4.79 Å². The smallest absolute Gasteiger partial charge is 0.305 e. The number of pyridine rings is 1. The number of fused-ring (bicyclic) bond motifs is 1. The molecule has 2 aromatic heterocycles. The van der Waals surface area contributed by atoms with Crippen molar-refractivity contribution >= 4 is 23.7 Å². The van der Waals surface area contributed by atoms with Crippen molar-refractivity contribution in [3.63, 3.8) is 0 Å². The fraction of sp³-hybridized carbons (Fsp3) is 0.320. The van der Waals surface area contributed by atoms with E-state index in [1.807, 2.05) is 6.07 Å². The van der Waals surface area contributed by atoms with Crippen LogP contribution in [0.4, 0.5) is 11.5 Å². The molecule has 0 spiro atoms. The van der Waals surface area contributed by atoms with Crippen molar-refractivity contribution in [1.82, 2.24) is 15.0 Å². The van der Waals surface area contributed by atoms with Crippen molar-refractivity contribution in [2.45, 2.75) is 38.6 Å². The molecule has 9 nitrogen and oxygen atoms in total. The van der Waals surface area contributed by atoms with Gasteiger partial charge in [-0.2, -0.15) is 0 Å². The van der Waals surface area contributed by atoms with Gasteiger partial charge in [0.1, 0.15) is 17.4 Å². The van der Waals surface area contributed by atoms with E-state index in [4.69, 9.17) is 10.1 Å². The summed E-state index contributed by atoms with van der Waals surface area (Å²) in [4.78, 5) is 24.4. The number of aliphatic carboxylic acids is 1. The van der Waals surface area contributed by atoms with Gasteiger partial charge in [-0.05, 0) is 49.6 Å². The zero-order valence-corrected chi connectivity index (χ0v) is 19.0. The Bertz CT molecular complexity index is 1170. The first-order valence-electron chi connectivity index (χ1n) is 11.3. The van der Waals surface area contributed by atoms with E-state index in [1.165, 1.54) is 11.8 Å². The number of hydrogen-bond donors (Lipinski definition) is 4. The molecule has 34 heavy (non-hydrogen) atoms. The van der Waals surface area contributed by atoms with Crippen molar-refractivity contribution in [2.24, 2.45) is 0 Å². The fourth-order valence-electron chi connectivity index (χ4n) is 3.86. The van der Waals surface area contributed by atoms with Crippen molar-refractivity contribution in [1.29, 1.82) is 5.41 Å². The molecule has 3 aromatic rings. The second-order valence-corrected chi connectivity index (χ2v) is 8.19. The second kappa shape index (κ2) is 10.7. The maximum Gasteiger partial charge on any atom is 0.305 e. The number of hydrogen-bond acceptors (Lipinski definition) is 8. The third-order valence-electron chi connectivity index (χ3n) is 5.67. The summed E-state index contributed by atoms with van der Waals surface area (Å²) in [6.45, 7) is 3.18. The fourth-order valence-corrected chi connectivity index (χ4v) is 3.86. The molecule has 0 aliphatic carbocycles. The number of benzene rings is 1. The van der Waals surface area contributed by atoms with Crippen LogP contribution in [0, 0.1) is 12.3 Å². The average Bonchev–Trinajstić information content (AvgIpc) is 2.84. The van der Waals surface area contributed by atoms with Crippen LogP contribution in [0.3, 0.4) is 0 Å². The lowest BCUT2D eigenvalue weighted by Gasteiger charge is -2.20. The highest BCUT2D eigenvalue weighted by Crippen LogP contribution is 2.27. The number of aryl methyl sites for hydroxylation is 2. The molecule has 9 heteroatoms. The Hall–Kier alpha value is -4.01. The average molecular weight is 461 g/mol. The molecule has 0 radical (unpaired) electrons. The van der Waals surface area contributed by atoms with Crippen LogP contribution < -0.4 is 15.4 Å². The third kappa shape index (κ3) is 5.86. The van der Waals surface area contributed by atoms with E-state index in [9.17, 15) is 9.90 Å². The minimum absolute atomic E-state index is 0.148. The van der Waals surface area contributed by atoms with Crippen LogP contribution in [0.5, 0.6) is 5.75 Å². The zero-order chi connectivity index (χ0) is 23.9. The van der Waals surface area contributed by atoms with Crippen LogP contribution in [-0.4, -0.2) is 45.4 Å². The molecule has 4 N–H and O–H groups in total. The summed E-state index contributed by atoms with van der Waals surface area (Å²) >= 11 is 0. The van der Waals surface area contributed by atoms with Crippen LogP contribution in [0.2, 0.25) is 0 Å². The molecule has 3 heterocycles. The highest BCUT2D eigenvalue weighted by atomic mass is 16.5. The van der Waals surface area contributed by atoms with Gasteiger partial charge in [0, 0.05) is 54.1 Å². The molecule has 0 saturated carbocycles. The minimum atomic E-state index is -0.944. The summed E-state index contributed by atoms with van der Waals surface area (Å²) in [7, 11) is 0. The predicted molar refractivity (Wildman–Crippen MR) is 130 cm³/mol. The summed E-state index contributed by atoms with van der Waals surface area (Å²) in [6, 6.07) is 9.00. The minimum Gasteiger partial charge on any atom is -0.493 e. The maximum absolute atomic E-state index is 11.4. The first-order valence-corrected chi connectivity index (χ1v) is 11.3. The quantitative estimate of drug-likeness (QED) is 0.336. The molecule has 0 amide bonds. The molecule has 1 aliphatic heterocycles. The molecule has 176 valence electrons. The van der Waals surface area contributed by atoms with Crippen LogP contribution in [0.25, 0.3) is 0 Å². The second-order valence-electron chi connectivity index (χ2n) is 8.19. The first-order chi connectivity index (χ1) is 16.5. The van der Waals surface area contributed by atoms with Gasteiger partial charge in [0.05, 0.1) is 19.1 Å². The van der Waals surface area contributed by atoms with E-state index < -0.39 is 12.0 Å². The molecular formula is C25H28N6O3. The number of aromatic nitrogens is 3. The topological polar surface area (TPSA) is 133 Å². The Morgan fingerprint density at radius 1 is 1.29 bits per heavy atom. The molecule has 0 unspecified atom stereocenters. The van der Waals surface area contributed by atoms with Gasteiger partial charge in [-0.25, -0.2) is 15.0 Å². The van der Waals surface area contributed by atoms with E-state index in [0.717, 1.165) is 30.9 Å². The maximum atomic E-state index is 11.4. The normalized spacial score (nSPS) is 13.3. The number of nitrogens with zero attached hydrogens (tertiary/aromatic N) is 3. The van der Waals surface area contributed by atoms with E-state index >= 15 is 0 Å². The van der Waals surface area contributed by atoms with E-state index in [2.05, 4.69) is 31.7 Å². The number of carboxylic acid groups (broad SMARTS) is 1. The monoisotopic (exact) mass is 460 g/mol. The highest BCUT2D eigenvalue weighted by molar-refractivity contribution is 5.86. The van der Waals surface area contributed by atoms with Gasteiger partial charge >= 0.3 is 5.97 Å². The lowest BCUT2D eigenvalue weighted by atomic mass is 10.1. The summed E-state index contributed by atoms with van der Waals surface area (Å²) < 4.78 is 5.91. The lowest BCUT2D eigenvalue weighted by molar-refractivity contribution is -0.137. The van der Waals surface area contributed by atoms with Crippen LogP contribution in [0.1, 0.15) is 47.1 Å². The largest absolute Gasteiger partial charge is 0.493 e. The van der Waals surface area contributed by atoms with Crippen molar-refractivity contribution in [2.75, 3.05) is 23.8 Å². The van der Waals surface area contributed by atoms with Gasteiger partial charge in [0.25, 0.3) is 0 Å². The van der Waals surface area contributed by atoms with E-state index in [-0.39, 0.29) is 6.42 Å². The molecule has 0 fully saturated rings. The zero-order valence-electron chi connectivity index (χ0n) is 19.0.